The van der Waals surface area contributed by atoms with E-state index in [1.807, 2.05) is 19.1 Å². The molecule has 1 atom stereocenters. The third-order valence-corrected chi connectivity index (χ3v) is 6.50. The van der Waals surface area contributed by atoms with E-state index in [4.69, 9.17) is 0 Å². The lowest BCUT2D eigenvalue weighted by Crippen LogP contribution is -2.38. The first-order valence-electron chi connectivity index (χ1n) is 8.17. The number of nitrogens with one attached hydrogen (secondary N) is 1. The highest BCUT2D eigenvalue weighted by molar-refractivity contribution is 7.89. The summed E-state index contributed by atoms with van der Waals surface area (Å²) in [6.45, 7) is 4.17. The summed E-state index contributed by atoms with van der Waals surface area (Å²) in [7, 11) is -3.56. The van der Waals surface area contributed by atoms with Crippen LogP contribution in [0.3, 0.4) is 0 Å². The van der Waals surface area contributed by atoms with Crippen LogP contribution < -0.4 is 5.56 Å². The van der Waals surface area contributed by atoms with Crippen LogP contribution in [0.15, 0.2) is 46.2 Å². The summed E-state index contributed by atoms with van der Waals surface area (Å²) in [6.07, 6.45) is 4.23. The molecule has 0 bridgehead atoms. The molecule has 1 unspecified atom stereocenters. The SMILES string of the molecule is Cc1ccc(S(=O)(=O)N2CCCCC2c2c[nH]c(=O)c(C)c2)cc1. The Morgan fingerprint density at radius 3 is 2.50 bits per heavy atom. The second-order valence-electron chi connectivity index (χ2n) is 6.39. The number of sulfonamides is 1. The molecule has 24 heavy (non-hydrogen) atoms. The van der Waals surface area contributed by atoms with Crippen LogP contribution in [0.5, 0.6) is 0 Å². The lowest BCUT2D eigenvalue weighted by atomic mass is 9.98. The van der Waals surface area contributed by atoms with Gasteiger partial charge in [-0.05, 0) is 50.5 Å². The molecule has 0 saturated carbocycles. The highest BCUT2D eigenvalue weighted by Gasteiger charge is 2.34. The van der Waals surface area contributed by atoms with E-state index in [0.717, 1.165) is 30.4 Å². The third-order valence-electron chi connectivity index (χ3n) is 4.58. The van der Waals surface area contributed by atoms with Crippen LogP contribution in [0.25, 0.3) is 0 Å². The largest absolute Gasteiger partial charge is 0.329 e. The standard InChI is InChI=1S/C18H22N2O3S/c1-13-6-8-16(9-7-13)24(22,23)20-10-4-3-5-17(20)15-11-14(2)18(21)19-12-15/h6-9,11-12,17H,3-5,10H2,1-2H3,(H,19,21). The molecular formula is C18H22N2O3S. The molecular weight excluding hydrogens is 324 g/mol. The Labute approximate surface area is 142 Å². The van der Waals surface area contributed by atoms with E-state index in [9.17, 15) is 13.2 Å². The van der Waals surface area contributed by atoms with E-state index in [0.29, 0.717) is 17.0 Å². The maximum absolute atomic E-state index is 13.1. The molecule has 0 amide bonds. The average Bonchev–Trinajstić information content (AvgIpc) is 2.58. The first kappa shape index (κ1) is 16.9. The first-order valence-corrected chi connectivity index (χ1v) is 9.61. The zero-order valence-electron chi connectivity index (χ0n) is 14.0. The normalized spacial score (nSPS) is 19.3. The Kier molecular flexibility index (Phi) is 4.60. The van der Waals surface area contributed by atoms with Crippen molar-refractivity contribution in [3.8, 4) is 0 Å². The van der Waals surface area contributed by atoms with Crippen molar-refractivity contribution in [2.75, 3.05) is 6.54 Å². The smallest absolute Gasteiger partial charge is 0.250 e. The monoisotopic (exact) mass is 346 g/mol. The highest BCUT2D eigenvalue weighted by atomic mass is 32.2. The fourth-order valence-corrected chi connectivity index (χ4v) is 4.87. The Morgan fingerprint density at radius 1 is 1.12 bits per heavy atom. The van der Waals surface area contributed by atoms with Crippen molar-refractivity contribution in [3.63, 3.8) is 0 Å². The van der Waals surface area contributed by atoms with Crippen molar-refractivity contribution < 1.29 is 8.42 Å². The molecule has 2 heterocycles. The van der Waals surface area contributed by atoms with E-state index in [2.05, 4.69) is 4.98 Å². The van der Waals surface area contributed by atoms with Gasteiger partial charge in [0.2, 0.25) is 10.0 Å². The quantitative estimate of drug-likeness (QED) is 0.929. The predicted octanol–water partition coefficient (Wildman–Crippen LogP) is 2.91. The molecule has 5 nitrogen and oxygen atoms in total. The zero-order valence-corrected chi connectivity index (χ0v) is 14.8. The molecule has 1 fully saturated rings. The van der Waals surface area contributed by atoms with E-state index >= 15 is 0 Å². The first-order chi connectivity index (χ1) is 11.4. The fourth-order valence-electron chi connectivity index (χ4n) is 3.18. The Morgan fingerprint density at radius 2 is 1.83 bits per heavy atom. The van der Waals surface area contributed by atoms with Crippen molar-refractivity contribution in [2.24, 2.45) is 0 Å². The van der Waals surface area contributed by atoms with Crippen LogP contribution in [0.2, 0.25) is 0 Å². The molecule has 3 rings (SSSR count). The number of H-pyrrole nitrogens is 1. The molecule has 1 aliphatic rings. The van der Waals surface area contributed by atoms with E-state index in [-0.39, 0.29) is 11.6 Å². The number of piperidine rings is 1. The number of aryl methyl sites for hydroxylation is 2. The van der Waals surface area contributed by atoms with Gasteiger partial charge in [-0.2, -0.15) is 4.31 Å². The molecule has 1 aromatic carbocycles. The molecule has 1 aliphatic heterocycles. The molecule has 0 spiro atoms. The van der Waals surface area contributed by atoms with Crippen LogP contribution in [-0.2, 0) is 10.0 Å². The molecule has 0 radical (unpaired) electrons. The summed E-state index contributed by atoms with van der Waals surface area (Å²) in [4.78, 5) is 14.6. The summed E-state index contributed by atoms with van der Waals surface area (Å²) < 4.78 is 27.8. The van der Waals surface area contributed by atoms with Gasteiger partial charge in [-0.1, -0.05) is 24.1 Å². The number of hydrogen-bond donors (Lipinski definition) is 1. The van der Waals surface area contributed by atoms with Crippen LogP contribution in [-0.4, -0.2) is 24.3 Å². The molecule has 6 heteroatoms. The average molecular weight is 346 g/mol. The summed E-state index contributed by atoms with van der Waals surface area (Å²) in [5.74, 6) is 0. The van der Waals surface area contributed by atoms with Gasteiger partial charge in [-0.3, -0.25) is 4.79 Å². The number of benzene rings is 1. The number of nitrogens with zero attached hydrogens (tertiary/aromatic N) is 1. The molecule has 1 aromatic heterocycles. The second kappa shape index (κ2) is 6.53. The lowest BCUT2D eigenvalue weighted by Gasteiger charge is -2.35. The zero-order chi connectivity index (χ0) is 17.3. The highest BCUT2D eigenvalue weighted by Crippen LogP contribution is 2.35. The van der Waals surface area contributed by atoms with Crippen molar-refractivity contribution in [3.05, 3.63) is 63.6 Å². The summed E-state index contributed by atoms with van der Waals surface area (Å²) in [5.41, 5.74) is 2.34. The third kappa shape index (κ3) is 3.16. The van der Waals surface area contributed by atoms with Gasteiger partial charge < -0.3 is 4.98 Å². The van der Waals surface area contributed by atoms with Crippen LogP contribution in [0, 0.1) is 13.8 Å². The van der Waals surface area contributed by atoms with Gasteiger partial charge in [-0.15, -0.1) is 0 Å². The van der Waals surface area contributed by atoms with E-state index in [1.54, 1.807) is 35.6 Å². The van der Waals surface area contributed by atoms with E-state index < -0.39 is 10.0 Å². The lowest BCUT2D eigenvalue weighted by molar-refractivity contribution is 0.255. The molecule has 0 aliphatic carbocycles. The summed E-state index contributed by atoms with van der Waals surface area (Å²) >= 11 is 0. The minimum atomic E-state index is -3.56. The Bertz CT molecular complexity index is 885. The van der Waals surface area contributed by atoms with Gasteiger partial charge in [0.25, 0.3) is 5.56 Å². The number of rotatable bonds is 3. The topological polar surface area (TPSA) is 70.2 Å². The molecule has 1 N–H and O–H groups in total. The fraction of sp³-hybridized carbons (Fsp3) is 0.389. The van der Waals surface area contributed by atoms with Gasteiger partial charge in [-0.25, -0.2) is 8.42 Å². The molecule has 2 aromatic rings. The minimum Gasteiger partial charge on any atom is -0.329 e. The number of aromatic amines is 1. The van der Waals surface area contributed by atoms with Gasteiger partial charge in [0.15, 0.2) is 0 Å². The molecule has 1 saturated heterocycles. The van der Waals surface area contributed by atoms with Crippen molar-refractivity contribution in [2.45, 2.75) is 44.0 Å². The van der Waals surface area contributed by atoms with Crippen LogP contribution >= 0.6 is 0 Å². The number of aromatic nitrogens is 1. The second-order valence-corrected chi connectivity index (χ2v) is 8.28. The van der Waals surface area contributed by atoms with Crippen molar-refractivity contribution in [1.29, 1.82) is 0 Å². The van der Waals surface area contributed by atoms with E-state index in [1.165, 1.54) is 0 Å². The number of hydrogen-bond acceptors (Lipinski definition) is 3. The maximum atomic E-state index is 13.1. The van der Waals surface area contributed by atoms with Gasteiger partial charge in [0.1, 0.15) is 0 Å². The Hall–Kier alpha value is -1.92. The molecule has 128 valence electrons. The van der Waals surface area contributed by atoms with Crippen molar-refractivity contribution in [1.82, 2.24) is 9.29 Å². The predicted molar refractivity (Wildman–Crippen MR) is 93.5 cm³/mol. The maximum Gasteiger partial charge on any atom is 0.250 e. The van der Waals surface area contributed by atoms with Crippen LogP contribution in [0.1, 0.15) is 42.0 Å². The number of pyridine rings is 1. The van der Waals surface area contributed by atoms with Crippen molar-refractivity contribution >= 4 is 10.0 Å². The van der Waals surface area contributed by atoms with Gasteiger partial charge in [0.05, 0.1) is 10.9 Å². The van der Waals surface area contributed by atoms with Crippen LogP contribution in [0.4, 0.5) is 0 Å². The van der Waals surface area contributed by atoms with Gasteiger partial charge >= 0.3 is 0 Å². The summed E-state index contributed by atoms with van der Waals surface area (Å²) in [5, 5.41) is 0. The minimum absolute atomic E-state index is 0.137. The van der Waals surface area contributed by atoms with Gasteiger partial charge in [0, 0.05) is 18.3 Å². The summed E-state index contributed by atoms with van der Waals surface area (Å²) in [6, 6.07) is 8.52. The Balaban J connectivity index is 2.01.